The van der Waals surface area contributed by atoms with E-state index in [0.29, 0.717) is 6.42 Å². The molecule has 0 aromatic carbocycles. The first kappa shape index (κ1) is 20.3. The Balaban J connectivity index is -0.000000249. The van der Waals surface area contributed by atoms with Crippen molar-refractivity contribution in [3.05, 3.63) is 0 Å². The standard InChI is InChI=1S/C8H16O2.BO3.Co/c1-3-5-6-7(4-2)8(9)10;2-1(3)4;/h7H,3-6H2,1-2H3,(H,9,10);;/q;-3;+4/p-1. The second-order valence-electron chi connectivity index (χ2n) is 2.86. The quantitative estimate of drug-likeness (QED) is 0.490. The van der Waals surface area contributed by atoms with Crippen LogP contribution in [0, 0.1) is 5.92 Å². The summed E-state index contributed by atoms with van der Waals surface area (Å²) in [5, 5.41) is 35.6. The molecule has 0 amide bonds. The molecular weight excluding hydrogens is 246 g/mol. The predicted molar refractivity (Wildman–Crippen MR) is 44.1 cm³/mol. The molecule has 0 N–H and O–H groups in total. The topological polar surface area (TPSA) is 109 Å². The number of carboxylic acid groups (broad SMARTS) is 1. The van der Waals surface area contributed by atoms with E-state index in [-0.39, 0.29) is 22.7 Å². The van der Waals surface area contributed by atoms with Crippen molar-refractivity contribution < 1.29 is 41.8 Å². The van der Waals surface area contributed by atoms with Crippen LogP contribution in [0.5, 0.6) is 0 Å². The molecule has 0 aromatic heterocycles. The minimum atomic E-state index is -2.92. The van der Waals surface area contributed by atoms with Crippen LogP contribution < -0.4 is 20.2 Å². The Morgan fingerprint density at radius 2 is 1.67 bits per heavy atom. The minimum Gasteiger partial charge on any atom is -0.907 e. The Morgan fingerprint density at radius 1 is 1.27 bits per heavy atom. The molecule has 1 radical (unpaired) electrons. The summed E-state index contributed by atoms with van der Waals surface area (Å²) < 4.78 is 0. The van der Waals surface area contributed by atoms with Gasteiger partial charge in [-0.15, -0.1) is 0 Å². The molecular formula is C8H15BCoO5. The van der Waals surface area contributed by atoms with Crippen molar-refractivity contribution in [1.29, 1.82) is 0 Å². The SMILES string of the molecule is CCCCC(CC)C(=O)[O-].[Co+4].[O-]B([O-])[O-]. The van der Waals surface area contributed by atoms with E-state index in [1.165, 1.54) is 0 Å². The van der Waals surface area contributed by atoms with E-state index in [0.717, 1.165) is 19.3 Å². The maximum atomic E-state index is 10.3. The van der Waals surface area contributed by atoms with E-state index in [9.17, 15) is 9.90 Å². The van der Waals surface area contributed by atoms with Gasteiger partial charge in [-0.3, -0.25) is 7.32 Å². The Morgan fingerprint density at radius 3 is 1.87 bits per heavy atom. The van der Waals surface area contributed by atoms with Crippen molar-refractivity contribution in [3.63, 3.8) is 0 Å². The van der Waals surface area contributed by atoms with Crippen molar-refractivity contribution in [3.8, 4) is 0 Å². The number of aliphatic carboxylic acids is 1. The van der Waals surface area contributed by atoms with Gasteiger partial charge in [-0.05, 0) is 18.8 Å². The van der Waals surface area contributed by atoms with Gasteiger partial charge in [0.15, 0.2) is 0 Å². The van der Waals surface area contributed by atoms with Crippen LogP contribution in [-0.2, 0) is 21.6 Å². The molecule has 0 heterocycles. The largest absolute Gasteiger partial charge is 4.00 e. The molecule has 7 heteroatoms. The molecule has 0 saturated heterocycles. The summed E-state index contributed by atoms with van der Waals surface area (Å²) in [5.74, 6) is -1.11. The van der Waals surface area contributed by atoms with Crippen molar-refractivity contribution in [2.45, 2.75) is 39.5 Å². The molecule has 0 rings (SSSR count). The third kappa shape index (κ3) is 20.1. The Labute approximate surface area is 101 Å². The van der Waals surface area contributed by atoms with Gasteiger partial charge < -0.3 is 25.0 Å². The maximum Gasteiger partial charge on any atom is 4.00 e. The van der Waals surface area contributed by atoms with Gasteiger partial charge in [-0.1, -0.05) is 26.7 Å². The second-order valence-corrected chi connectivity index (χ2v) is 2.86. The fourth-order valence-corrected chi connectivity index (χ4v) is 0.939. The Hall–Kier alpha value is -0.0786. The monoisotopic (exact) mass is 261 g/mol. The Bertz CT molecular complexity index is 142. The normalized spacial score (nSPS) is 10.5. The van der Waals surface area contributed by atoms with Gasteiger partial charge in [0, 0.05) is 5.97 Å². The van der Waals surface area contributed by atoms with Crippen LogP contribution in [0.3, 0.4) is 0 Å². The first-order valence-electron chi connectivity index (χ1n) is 4.63. The molecule has 0 aliphatic rings. The third-order valence-electron chi connectivity index (χ3n) is 1.73. The minimum absolute atomic E-state index is 0. The number of carbonyl (C=O) groups excluding carboxylic acids is 1. The van der Waals surface area contributed by atoms with Crippen LogP contribution in [0.2, 0.25) is 0 Å². The molecule has 1 atom stereocenters. The van der Waals surface area contributed by atoms with Gasteiger partial charge in [-0.2, -0.15) is 0 Å². The third-order valence-corrected chi connectivity index (χ3v) is 1.73. The van der Waals surface area contributed by atoms with E-state index in [4.69, 9.17) is 15.1 Å². The van der Waals surface area contributed by atoms with Gasteiger partial charge in [0.05, 0.1) is 0 Å². The fraction of sp³-hybridized carbons (Fsp3) is 0.875. The molecule has 0 fully saturated rings. The number of carboxylic acids is 1. The van der Waals surface area contributed by atoms with Crippen LogP contribution in [-0.4, -0.2) is 13.3 Å². The Kier molecular flexibility index (Phi) is 18.9. The van der Waals surface area contributed by atoms with Gasteiger partial charge >= 0.3 is 16.8 Å². The number of carbonyl (C=O) groups is 1. The number of unbranched alkanes of at least 4 members (excludes halogenated alkanes) is 1. The van der Waals surface area contributed by atoms with Crippen molar-refractivity contribution in [1.82, 2.24) is 0 Å². The van der Waals surface area contributed by atoms with Gasteiger partial charge in [0.2, 0.25) is 0 Å². The van der Waals surface area contributed by atoms with Crippen molar-refractivity contribution in [2.24, 2.45) is 5.92 Å². The number of rotatable bonds is 5. The smallest absolute Gasteiger partial charge is 0.907 e. The molecule has 0 spiro atoms. The summed E-state index contributed by atoms with van der Waals surface area (Å²) in [5.41, 5.74) is 0. The zero-order valence-corrected chi connectivity index (χ0v) is 9.90. The molecule has 0 bridgehead atoms. The van der Waals surface area contributed by atoms with E-state index in [1.807, 2.05) is 6.92 Å². The molecule has 0 saturated carbocycles. The molecule has 0 aliphatic carbocycles. The molecule has 5 nitrogen and oxygen atoms in total. The molecule has 89 valence electrons. The molecule has 0 aromatic rings. The van der Waals surface area contributed by atoms with Crippen LogP contribution in [0.4, 0.5) is 0 Å². The molecule has 15 heavy (non-hydrogen) atoms. The zero-order chi connectivity index (χ0) is 11.6. The fourth-order valence-electron chi connectivity index (χ4n) is 0.939. The first-order valence-corrected chi connectivity index (χ1v) is 4.63. The van der Waals surface area contributed by atoms with Gasteiger partial charge in [0.1, 0.15) is 0 Å². The molecule has 0 aliphatic heterocycles. The van der Waals surface area contributed by atoms with Gasteiger partial charge in [0.25, 0.3) is 0 Å². The summed E-state index contributed by atoms with van der Waals surface area (Å²) >= 11 is 0. The van der Waals surface area contributed by atoms with Crippen LogP contribution in [0.1, 0.15) is 39.5 Å². The predicted octanol–water partition coefficient (Wildman–Crippen LogP) is -3.00. The van der Waals surface area contributed by atoms with E-state index in [1.54, 1.807) is 0 Å². The number of hydrogen-bond donors (Lipinski definition) is 0. The maximum absolute atomic E-state index is 10.3. The summed E-state index contributed by atoms with van der Waals surface area (Å²) in [6, 6.07) is 0. The average molecular weight is 261 g/mol. The summed E-state index contributed by atoms with van der Waals surface area (Å²) in [6.45, 7) is 3.94. The summed E-state index contributed by atoms with van der Waals surface area (Å²) in [4.78, 5) is 10.3. The zero-order valence-electron chi connectivity index (χ0n) is 8.86. The second kappa shape index (κ2) is 13.9. The van der Waals surface area contributed by atoms with Crippen LogP contribution in [0.15, 0.2) is 0 Å². The van der Waals surface area contributed by atoms with E-state index in [2.05, 4.69) is 6.92 Å². The summed E-state index contributed by atoms with van der Waals surface area (Å²) in [6.07, 6.45) is 3.52. The first-order chi connectivity index (χ1) is 6.45. The van der Waals surface area contributed by atoms with E-state index < -0.39 is 13.3 Å². The molecule has 1 unspecified atom stereocenters. The van der Waals surface area contributed by atoms with Crippen LogP contribution >= 0.6 is 0 Å². The van der Waals surface area contributed by atoms with Crippen molar-refractivity contribution >= 4 is 13.3 Å². The average Bonchev–Trinajstić information content (AvgIpc) is 2.04. The van der Waals surface area contributed by atoms with Crippen molar-refractivity contribution in [2.75, 3.05) is 0 Å². The summed E-state index contributed by atoms with van der Waals surface area (Å²) in [7, 11) is -2.92. The van der Waals surface area contributed by atoms with Gasteiger partial charge in [-0.25, -0.2) is 0 Å². The van der Waals surface area contributed by atoms with E-state index >= 15 is 0 Å². The van der Waals surface area contributed by atoms with Crippen LogP contribution in [0.25, 0.3) is 0 Å². The number of hydrogen-bond acceptors (Lipinski definition) is 5.